The molecule has 4 rings (SSSR count). The van der Waals surface area contributed by atoms with Crippen molar-refractivity contribution >= 4 is 17.0 Å². The van der Waals surface area contributed by atoms with Gasteiger partial charge in [-0.25, -0.2) is 4.98 Å². The maximum Gasteiger partial charge on any atom is 0.320 e. The van der Waals surface area contributed by atoms with Gasteiger partial charge >= 0.3 is 12.5 Å². The Morgan fingerprint density at radius 2 is 2.11 bits per heavy atom. The number of alkyl halides is 2. The molecule has 2 heterocycles. The average Bonchev–Trinajstić information content (AvgIpc) is 3.25. The first-order valence-electron chi connectivity index (χ1n) is 8.80. The molecule has 1 atom stereocenters. The molecule has 0 radical (unpaired) electrons. The van der Waals surface area contributed by atoms with Crippen LogP contribution in [0.2, 0.25) is 0 Å². The summed E-state index contributed by atoms with van der Waals surface area (Å²) in [7, 11) is 0. The van der Waals surface area contributed by atoms with E-state index in [1.807, 2.05) is 0 Å². The fourth-order valence-electron chi connectivity index (χ4n) is 2.95. The normalized spacial score (nSPS) is 15.4. The van der Waals surface area contributed by atoms with Crippen LogP contribution in [0, 0.1) is 0 Å². The molecule has 2 aromatic heterocycles. The van der Waals surface area contributed by atoms with Crippen LogP contribution < -0.4 is 0 Å². The lowest BCUT2D eigenvalue weighted by molar-refractivity contribution is -0.149. The molecule has 27 heavy (non-hydrogen) atoms. The van der Waals surface area contributed by atoms with E-state index in [1.54, 1.807) is 24.3 Å². The standard InChI is InChI=1S/C18H18F2N4O3/c1-10(17-21-12-4-2-3-5-13(12)24(17)18(19)20)26-15(25)9-8-14-22-16(23-27-14)11-6-7-11/h2-5,10-11,18H,6-9H2,1H3. The fraction of sp³-hybridized carbons (Fsp3) is 0.444. The molecule has 1 saturated carbocycles. The number of rotatable bonds is 7. The highest BCUT2D eigenvalue weighted by molar-refractivity contribution is 5.76. The van der Waals surface area contributed by atoms with Gasteiger partial charge in [0.15, 0.2) is 17.8 Å². The van der Waals surface area contributed by atoms with Crippen LogP contribution in [-0.2, 0) is 16.0 Å². The third-order valence-corrected chi connectivity index (χ3v) is 4.46. The molecule has 1 aliphatic rings. The van der Waals surface area contributed by atoms with E-state index in [-0.39, 0.29) is 18.7 Å². The van der Waals surface area contributed by atoms with Crippen LogP contribution in [0.15, 0.2) is 28.8 Å². The SMILES string of the molecule is CC(OC(=O)CCc1nc(C2CC2)no1)c1nc2ccccc2n1C(F)F. The van der Waals surface area contributed by atoms with Crippen molar-refractivity contribution in [3.63, 3.8) is 0 Å². The Labute approximate surface area is 153 Å². The first-order valence-corrected chi connectivity index (χ1v) is 8.80. The number of halogens is 2. The maximum absolute atomic E-state index is 13.5. The summed E-state index contributed by atoms with van der Waals surface area (Å²) < 4.78 is 38.2. The molecule has 3 aromatic rings. The largest absolute Gasteiger partial charge is 0.454 e. The molecule has 0 bridgehead atoms. The molecule has 1 aromatic carbocycles. The van der Waals surface area contributed by atoms with Gasteiger partial charge in [0.05, 0.1) is 17.5 Å². The van der Waals surface area contributed by atoms with Crippen LogP contribution in [0.1, 0.15) is 62.3 Å². The van der Waals surface area contributed by atoms with Crippen molar-refractivity contribution < 1.29 is 22.8 Å². The second kappa shape index (κ2) is 7.05. The van der Waals surface area contributed by atoms with Crippen molar-refractivity contribution in [1.82, 2.24) is 19.7 Å². The molecule has 1 fully saturated rings. The number of fused-ring (bicyclic) bond motifs is 1. The highest BCUT2D eigenvalue weighted by atomic mass is 19.3. The van der Waals surface area contributed by atoms with Gasteiger partial charge in [0.2, 0.25) is 5.89 Å². The van der Waals surface area contributed by atoms with Crippen LogP contribution in [0.25, 0.3) is 11.0 Å². The molecule has 0 aliphatic heterocycles. The van der Waals surface area contributed by atoms with Gasteiger partial charge in [-0.05, 0) is 31.9 Å². The fourth-order valence-corrected chi connectivity index (χ4v) is 2.95. The van der Waals surface area contributed by atoms with Gasteiger partial charge in [0, 0.05) is 12.3 Å². The number of para-hydroxylation sites is 2. The number of ether oxygens (including phenoxy) is 1. The second-order valence-electron chi connectivity index (χ2n) is 6.56. The summed E-state index contributed by atoms with van der Waals surface area (Å²) in [6.07, 6.45) is 1.47. The third kappa shape index (κ3) is 3.67. The number of imidazole rings is 1. The zero-order valence-corrected chi connectivity index (χ0v) is 14.6. The summed E-state index contributed by atoms with van der Waals surface area (Å²) in [5, 5.41) is 3.89. The van der Waals surface area contributed by atoms with E-state index in [0.29, 0.717) is 28.7 Å². The Morgan fingerprint density at radius 1 is 1.33 bits per heavy atom. The minimum Gasteiger partial charge on any atom is -0.454 e. The molecule has 0 spiro atoms. The maximum atomic E-state index is 13.5. The molecule has 9 heteroatoms. The molecule has 1 aliphatic carbocycles. The van der Waals surface area contributed by atoms with Crippen LogP contribution in [0.3, 0.4) is 0 Å². The molecule has 1 unspecified atom stereocenters. The van der Waals surface area contributed by atoms with Crippen molar-refractivity contribution in [1.29, 1.82) is 0 Å². The molecule has 0 N–H and O–H groups in total. The van der Waals surface area contributed by atoms with Crippen molar-refractivity contribution in [3.05, 3.63) is 41.8 Å². The number of benzene rings is 1. The number of aryl methyl sites for hydroxylation is 1. The summed E-state index contributed by atoms with van der Waals surface area (Å²) in [5.41, 5.74) is 0.720. The Kier molecular flexibility index (Phi) is 4.59. The number of carbonyl (C=O) groups is 1. The van der Waals surface area contributed by atoms with Crippen molar-refractivity contribution in [2.24, 2.45) is 0 Å². The Hall–Kier alpha value is -2.84. The number of hydrogen-bond acceptors (Lipinski definition) is 6. The Bertz CT molecular complexity index is 965. The predicted molar refractivity (Wildman–Crippen MR) is 90.1 cm³/mol. The summed E-state index contributed by atoms with van der Waals surface area (Å²) in [4.78, 5) is 20.6. The lowest BCUT2D eigenvalue weighted by atomic mass is 10.3. The lowest BCUT2D eigenvalue weighted by Crippen LogP contribution is -2.15. The first-order chi connectivity index (χ1) is 13.0. The van der Waals surface area contributed by atoms with Gasteiger partial charge < -0.3 is 9.26 Å². The van der Waals surface area contributed by atoms with Gasteiger partial charge in [-0.2, -0.15) is 13.8 Å². The van der Waals surface area contributed by atoms with Crippen LogP contribution >= 0.6 is 0 Å². The van der Waals surface area contributed by atoms with E-state index in [9.17, 15) is 13.6 Å². The molecular weight excluding hydrogens is 358 g/mol. The average molecular weight is 376 g/mol. The number of aromatic nitrogens is 4. The highest BCUT2D eigenvalue weighted by Gasteiger charge is 2.29. The summed E-state index contributed by atoms with van der Waals surface area (Å²) in [6.45, 7) is -1.26. The lowest BCUT2D eigenvalue weighted by Gasteiger charge is -2.14. The smallest absolute Gasteiger partial charge is 0.320 e. The number of nitrogens with zero attached hydrogens (tertiary/aromatic N) is 4. The number of carbonyl (C=O) groups excluding carboxylic acids is 1. The van der Waals surface area contributed by atoms with E-state index in [4.69, 9.17) is 9.26 Å². The molecule has 0 amide bonds. The van der Waals surface area contributed by atoms with Gasteiger partial charge in [-0.1, -0.05) is 17.3 Å². The van der Waals surface area contributed by atoms with E-state index in [2.05, 4.69) is 15.1 Å². The van der Waals surface area contributed by atoms with Crippen molar-refractivity contribution in [2.45, 2.75) is 51.2 Å². The molecule has 7 nitrogen and oxygen atoms in total. The zero-order chi connectivity index (χ0) is 19.0. The van der Waals surface area contributed by atoms with Gasteiger partial charge in [0.25, 0.3) is 0 Å². The Morgan fingerprint density at radius 3 is 2.85 bits per heavy atom. The monoisotopic (exact) mass is 376 g/mol. The quantitative estimate of drug-likeness (QED) is 0.581. The third-order valence-electron chi connectivity index (χ3n) is 4.46. The van der Waals surface area contributed by atoms with E-state index < -0.39 is 18.6 Å². The second-order valence-corrected chi connectivity index (χ2v) is 6.56. The molecule has 142 valence electrons. The minimum absolute atomic E-state index is 0.00774. The van der Waals surface area contributed by atoms with E-state index in [0.717, 1.165) is 17.4 Å². The van der Waals surface area contributed by atoms with Crippen LogP contribution in [0.5, 0.6) is 0 Å². The Balaban J connectivity index is 1.41. The summed E-state index contributed by atoms with van der Waals surface area (Å²) in [5.74, 6) is 0.894. The van der Waals surface area contributed by atoms with Crippen molar-refractivity contribution in [2.75, 3.05) is 0 Å². The van der Waals surface area contributed by atoms with Gasteiger partial charge in [-0.3, -0.25) is 9.36 Å². The molecular formula is C18H18F2N4O3. The summed E-state index contributed by atoms with van der Waals surface area (Å²) in [6, 6.07) is 6.56. The van der Waals surface area contributed by atoms with Crippen molar-refractivity contribution in [3.8, 4) is 0 Å². The number of hydrogen-bond donors (Lipinski definition) is 0. The van der Waals surface area contributed by atoms with Gasteiger partial charge in [0.1, 0.15) is 0 Å². The van der Waals surface area contributed by atoms with Crippen LogP contribution in [0.4, 0.5) is 8.78 Å². The van der Waals surface area contributed by atoms with Gasteiger partial charge in [-0.15, -0.1) is 0 Å². The minimum atomic E-state index is -2.78. The topological polar surface area (TPSA) is 83.0 Å². The first kappa shape index (κ1) is 17.6. The summed E-state index contributed by atoms with van der Waals surface area (Å²) >= 11 is 0. The van der Waals surface area contributed by atoms with E-state index in [1.165, 1.54) is 6.92 Å². The number of esters is 1. The highest BCUT2D eigenvalue weighted by Crippen LogP contribution is 2.38. The predicted octanol–water partition coefficient (Wildman–Crippen LogP) is 3.93. The van der Waals surface area contributed by atoms with E-state index >= 15 is 0 Å². The van der Waals surface area contributed by atoms with Crippen LogP contribution in [-0.4, -0.2) is 25.7 Å². The molecule has 0 saturated heterocycles. The zero-order valence-electron chi connectivity index (χ0n) is 14.6.